The second-order valence-corrected chi connectivity index (χ2v) is 18.6. The van der Waals surface area contributed by atoms with Crippen molar-refractivity contribution in [2.45, 2.75) is 39.7 Å². The molecule has 0 fully saturated rings. The van der Waals surface area contributed by atoms with Crippen LogP contribution in [0.2, 0.25) is 0 Å². The minimum atomic E-state index is -3.80. The number of amides is 2. The lowest BCUT2D eigenvalue weighted by molar-refractivity contribution is -0.122. The van der Waals surface area contributed by atoms with Gasteiger partial charge in [-0.2, -0.15) is 4.13 Å². The Morgan fingerprint density at radius 3 is 1.70 bits per heavy atom. The van der Waals surface area contributed by atoms with Crippen LogP contribution in [0.4, 0.5) is 4.79 Å². The number of rotatable bonds is 17. The fourth-order valence-corrected chi connectivity index (χ4v) is 12.4. The molecule has 0 aliphatic rings. The number of sulfonamides is 2. The van der Waals surface area contributed by atoms with Crippen LogP contribution in [0.15, 0.2) is 60.7 Å². The fraction of sp³-hybridized carbons (Fsp3) is 0.462. The van der Waals surface area contributed by atoms with Gasteiger partial charge in [0.05, 0.1) is 11.5 Å². The summed E-state index contributed by atoms with van der Waals surface area (Å²) in [5.41, 5.74) is 2.03. The van der Waals surface area contributed by atoms with Gasteiger partial charge in [0.15, 0.2) is 0 Å². The van der Waals surface area contributed by atoms with Crippen molar-refractivity contribution in [2.24, 2.45) is 0 Å². The molecule has 0 spiro atoms. The van der Waals surface area contributed by atoms with Gasteiger partial charge >= 0.3 is 0 Å². The zero-order valence-electron chi connectivity index (χ0n) is 23.1. The first-order chi connectivity index (χ1) is 19.0. The predicted octanol–water partition coefficient (Wildman–Crippen LogP) is 2.93. The molecule has 0 radical (unpaired) electrons. The highest BCUT2D eigenvalue weighted by molar-refractivity contribution is 8.99. The van der Waals surface area contributed by atoms with Crippen molar-refractivity contribution >= 4 is 51.2 Å². The van der Waals surface area contributed by atoms with Crippen LogP contribution >= 0.6 is 20.0 Å². The maximum Gasteiger partial charge on any atom is 0.283 e. The molecule has 2 aromatic carbocycles. The number of carbonyl (C=O) groups is 2. The molecule has 0 aromatic heterocycles. The third-order valence-electron chi connectivity index (χ3n) is 5.88. The van der Waals surface area contributed by atoms with Crippen molar-refractivity contribution in [1.29, 1.82) is 0 Å². The molecule has 0 aliphatic carbocycles. The average molecular weight is 633 g/mol. The molecule has 10 nitrogen and oxygen atoms in total. The summed E-state index contributed by atoms with van der Waals surface area (Å²) in [7, 11) is -9.37. The van der Waals surface area contributed by atoms with Crippen LogP contribution in [0.25, 0.3) is 0 Å². The molecule has 2 atom stereocenters. The first-order valence-corrected chi connectivity index (χ1v) is 19.7. The molecule has 0 bridgehead atoms. The maximum absolute atomic E-state index is 13.5. The van der Waals surface area contributed by atoms with E-state index in [1.54, 1.807) is 6.92 Å². The SMILES string of the molecule is CCS(NS(=O)(=O)CC)(SCC(NS(=O)(=O)CC)C(=O)NCCc1ccccc1)C(=O)NCCc1ccccc1. The van der Waals surface area contributed by atoms with E-state index in [1.807, 2.05) is 60.7 Å². The molecule has 2 amide bonds. The van der Waals surface area contributed by atoms with Crippen LogP contribution in [0.5, 0.6) is 0 Å². The Morgan fingerprint density at radius 2 is 1.23 bits per heavy atom. The van der Waals surface area contributed by atoms with E-state index in [4.69, 9.17) is 0 Å². The van der Waals surface area contributed by atoms with E-state index in [2.05, 4.69) is 19.5 Å². The molecule has 0 heterocycles. The Bertz CT molecular complexity index is 1290. The molecule has 40 heavy (non-hydrogen) atoms. The molecule has 4 N–H and O–H groups in total. The summed E-state index contributed by atoms with van der Waals surface area (Å²) in [4.78, 5) is 26.6. The first-order valence-electron chi connectivity index (χ1n) is 13.1. The van der Waals surface area contributed by atoms with E-state index in [0.29, 0.717) is 12.8 Å². The molecular formula is C26H40N4O6S4. The summed E-state index contributed by atoms with van der Waals surface area (Å²) in [5, 5.41) is 5.13. The normalized spacial score (nSPS) is 15.0. The molecule has 0 aliphatic heterocycles. The molecule has 0 saturated heterocycles. The first kappa shape index (κ1) is 34.1. The van der Waals surface area contributed by atoms with Crippen molar-refractivity contribution in [3.63, 3.8) is 0 Å². The standard InChI is InChI=1S/C26H40N4O6S4/c1-4-38(30-40(35,36)6-3,26(32)28-20-18-23-15-11-8-12-16-23)37-21-24(29-39(33,34)5-2)25(31)27-19-17-22-13-9-7-10-14-22/h7-16,24,29-30H,4-6,17-21H2,1-3H3,(H,27,31)(H,28,32). The summed E-state index contributed by atoms with van der Waals surface area (Å²) in [6.45, 7) is 5.20. The number of benzene rings is 2. The minimum Gasteiger partial charge on any atom is -0.354 e. The van der Waals surface area contributed by atoms with Crippen LogP contribution < -0.4 is 19.5 Å². The van der Waals surface area contributed by atoms with Crippen LogP contribution in [-0.4, -0.2) is 70.1 Å². The Balaban J connectivity index is 2.19. The zero-order valence-corrected chi connectivity index (χ0v) is 26.4. The van der Waals surface area contributed by atoms with Gasteiger partial charge in [-0.05, 0) is 47.1 Å². The minimum absolute atomic E-state index is 0.141. The molecule has 0 saturated carbocycles. The molecular weight excluding hydrogens is 593 g/mol. The summed E-state index contributed by atoms with van der Waals surface area (Å²) >= 11 is 0. The van der Waals surface area contributed by atoms with Crippen molar-refractivity contribution in [2.75, 3.05) is 36.1 Å². The topological polar surface area (TPSA) is 151 Å². The van der Waals surface area contributed by atoms with Crippen molar-refractivity contribution in [3.05, 3.63) is 71.8 Å². The van der Waals surface area contributed by atoms with Crippen molar-refractivity contribution in [3.8, 4) is 0 Å². The molecule has 2 aromatic rings. The molecule has 224 valence electrons. The quantitative estimate of drug-likeness (QED) is 0.196. The molecule has 14 heteroatoms. The number of nitrogens with one attached hydrogen (secondary N) is 4. The largest absolute Gasteiger partial charge is 0.354 e. The van der Waals surface area contributed by atoms with E-state index in [9.17, 15) is 26.4 Å². The summed E-state index contributed by atoms with van der Waals surface area (Å²) in [5.74, 6) is -1.01. The van der Waals surface area contributed by atoms with Gasteiger partial charge in [0.2, 0.25) is 26.0 Å². The van der Waals surface area contributed by atoms with Crippen LogP contribution in [0, 0.1) is 0 Å². The lowest BCUT2D eigenvalue weighted by Crippen LogP contribution is -2.49. The van der Waals surface area contributed by atoms with E-state index in [-0.39, 0.29) is 36.1 Å². The second-order valence-electron chi connectivity index (χ2n) is 8.79. The molecule has 2 rings (SSSR count). The van der Waals surface area contributed by atoms with E-state index in [1.165, 1.54) is 13.8 Å². The van der Waals surface area contributed by atoms with Crippen LogP contribution in [0.1, 0.15) is 31.9 Å². The van der Waals surface area contributed by atoms with Crippen molar-refractivity contribution < 1.29 is 26.4 Å². The Labute approximate surface area is 243 Å². The fourth-order valence-electron chi connectivity index (χ4n) is 3.47. The zero-order chi connectivity index (χ0) is 29.7. The number of hydrogen-bond acceptors (Lipinski definition) is 7. The lowest BCUT2D eigenvalue weighted by atomic mass is 10.1. The van der Waals surface area contributed by atoms with Gasteiger partial charge in [-0.3, -0.25) is 9.59 Å². The summed E-state index contributed by atoms with van der Waals surface area (Å²) in [6, 6.07) is 17.9. The molecule has 2 unspecified atom stereocenters. The predicted molar refractivity (Wildman–Crippen MR) is 166 cm³/mol. The van der Waals surface area contributed by atoms with Crippen LogP contribution in [-0.2, 0) is 37.7 Å². The van der Waals surface area contributed by atoms with Gasteiger partial charge in [-0.15, -0.1) is 0 Å². The van der Waals surface area contributed by atoms with Gasteiger partial charge in [0, 0.05) is 24.6 Å². The highest BCUT2D eigenvalue weighted by atomic mass is 33.2. The second kappa shape index (κ2) is 16.4. The highest BCUT2D eigenvalue weighted by Crippen LogP contribution is 2.57. The summed E-state index contributed by atoms with van der Waals surface area (Å²) in [6.07, 6.45) is 1.11. The highest BCUT2D eigenvalue weighted by Gasteiger charge is 2.37. The average Bonchev–Trinajstić information content (AvgIpc) is 2.95. The van der Waals surface area contributed by atoms with E-state index >= 15 is 0 Å². The Hall–Kier alpha value is -2.10. The Kier molecular flexibility index (Phi) is 14.0. The van der Waals surface area contributed by atoms with E-state index in [0.717, 1.165) is 21.9 Å². The monoisotopic (exact) mass is 632 g/mol. The van der Waals surface area contributed by atoms with Crippen LogP contribution in [0.3, 0.4) is 0 Å². The third kappa shape index (κ3) is 11.4. The van der Waals surface area contributed by atoms with Gasteiger partial charge in [0.1, 0.15) is 6.04 Å². The van der Waals surface area contributed by atoms with Gasteiger partial charge < -0.3 is 10.6 Å². The summed E-state index contributed by atoms with van der Waals surface area (Å²) < 4.78 is 55.1. The maximum atomic E-state index is 13.5. The smallest absolute Gasteiger partial charge is 0.283 e. The van der Waals surface area contributed by atoms with Gasteiger partial charge in [0.25, 0.3) is 5.24 Å². The number of hydrogen-bond donors (Lipinski definition) is 4. The number of carbonyl (C=O) groups excluding carboxylic acids is 2. The third-order valence-corrected chi connectivity index (χ3v) is 16.0. The van der Waals surface area contributed by atoms with Gasteiger partial charge in [-0.1, -0.05) is 78.4 Å². The lowest BCUT2D eigenvalue weighted by Gasteiger charge is -2.37. The van der Waals surface area contributed by atoms with Crippen molar-refractivity contribution in [1.82, 2.24) is 19.5 Å². The van der Waals surface area contributed by atoms with E-state index < -0.39 is 46.5 Å². The Morgan fingerprint density at radius 1 is 0.725 bits per heavy atom. The van der Waals surface area contributed by atoms with Gasteiger partial charge in [-0.25, -0.2) is 21.6 Å².